The van der Waals surface area contributed by atoms with Gasteiger partial charge in [0.25, 0.3) is 0 Å². The van der Waals surface area contributed by atoms with Crippen LogP contribution in [0.2, 0.25) is 0 Å². The SMILES string of the molecule is Fc1cnc(Nc2ccc3c(c2)CNN3)nc1Nc1ccc2c(c1)CNN2. The molecule has 9 heteroatoms. The van der Waals surface area contributed by atoms with Gasteiger partial charge in [0.2, 0.25) is 5.95 Å². The van der Waals surface area contributed by atoms with Gasteiger partial charge < -0.3 is 21.5 Å². The van der Waals surface area contributed by atoms with Crippen LogP contribution in [0.1, 0.15) is 11.1 Å². The number of benzene rings is 2. The molecule has 0 spiro atoms. The Morgan fingerprint density at radius 3 is 2.15 bits per heavy atom. The summed E-state index contributed by atoms with van der Waals surface area (Å²) < 4.78 is 14.2. The molecule has 3 aromatic rings. The molecule has 27 heavy (non-hydrogen) atoms. The summed E-state index contributed by atoms with van der Waals surface area (Å²) in [4.78, 5) is 8.32. The minimum atomic E-state index is -0.514. The van der Waals surface area contributed by atoms with Crippen LogP contribution in [0.3, 0.4) is 0 Å². The molecular weight excluding hydrogens is 347 g/mol. The first-order valence-electron chi connectivity index (χ1n) is 8.55. The number of nitrogens with zero attached hydrogens (tertiary/aromatic N) is 2. The first-order valence-corrected chi connectivity index (χ1v) is 8.55. The zero-order valence-electron chi connectivity index (χ0n) is 14.2. The van der Waals surface area contributed by atoms with E-state index in [9.17, 15) is 4.39 Å². The fourth-order valence-corrected chi connectivity index (χ4v) is 3.13. The Kier molecular flexibility index (Phi) is 3.73. The summed E-state index contributed by atoms with van der Waals surface area (Å²) in [6.07, 6.45) is 1.16. The summed E-state index contributed by atoms with van der Waals surface area (Å²) in [6, 6.07) is 11.6. The highest BCUT2D eigenvalue weighted by Crippen LogP contribution is 2.27. The predicted molar refractivity (Wildman–Crippen MR) is 102 cm³/mol. The van der Waals surface area contributed by atoms with Crippen LogP contribution in [-0.2, 0) is 13.1 Å². The zero-order valence-corrected chi connectivity index (χ0v) is 14.2. The highest BCUT2D eigenvalue weighted by molar-refractivity contribution is 5.67. The van der Waals surface area contributed by atoms with Gasteiger partial charge in [0.05, 0.1) is 17.6 Å². The lowest BCUT2D eigenvalue weighted by molar-refractivity contribution is 0.619. The van der Waals surface area contributed by atoms with Crippen molar-refractivity contribution in [2.45, 2.75) is 13.1 Å². The van der Waals surface area contributed by atoms with Gasteiger partial charge in [-0.2, -0.15) is 4.98 Å². The average molecular weight is 364 g/mol. The summed E-state index contributed by atoms with van der Waals surface area (Å²) >= 11 is 0. The van der Waals surface area contributed by atoms with Gasteiger partial charge in [0.15, 0.2) is 11.6 Å². The molecule has 3 heterocycles. The van der Waals surface area contributed by atoms with Crippen molar-refractivity contribution >= 4 is 34.5 Å². The maximum atomic E-state index is 14.2. The number of hydrazine groups is 2. The standard InChI is InChI=1S/C18H17FN8/c19-14-9-20-18(24-13-2-4-16-11(6-13)8-22-27-16)25-17(14)23-12-1-3-15-10(5-12)7-21-26-15/h1-6,9,21-22,26-27H,7-8H2,(H2,20,23,24,25). The van der Waals surface area contributed by atoms with Crippen molar-refractivity contribution < 1.29 is 4.39 Å². The molecule has 8 nitrogen and oxygen atoms in total. The number of anilines is 6. The van der Waals surface area contributed by atoms with Gasteiger partial charge in [-0.15, -0.1) is 0 Å². The van der Waals surface area contributed by atoms with E-state index in [0.717, 1.165) is 46.6 Å². The number of fused-ring (bicyclic) bond motifs is 2. The third-order valence-corrected chi connectivity index (χ3v) is 4.48. The minimum Gasteiger partial charge on any atom is -0.338 e. The molecule has 2 aliphatic rings. The van der Waals surface area contributed by atoms with Crippen molar-refractivity contribution in [3.8, 4) is 0 Å². The van der Waals surface area contributed by atoms with Crippen LogP contribution in [0.4, 0.5) is 38.9 Å². The van der Waals surface area contributed by atoms with E-state index >= 15 is 0 Å². The molecule has 1 aromatic heterocycles. The number of hydrogen-bond donors (Lipinski definition) is 6. The van der Waals surface area contributed by atoms with E-state index in [-0.39, 0.29) is 5.82 Å². The van der Waals surface area contributed by atoms with E-state index in [1.807, 2.05) is 36.4 Å². The van der Waals surface area contributed by atoms with Gasteiger partial charge in [-0.05, 0) is 47.5 Å². The number of rotatable bonds is 4. The maximum Gasteiger partial charge on any atom is 0.229 e. The Bertz CT molecular complexity index is 1020. The van der Waals surface area contributed by atoms with E-state index in [2.05, 4.69) is 42.3 Å². The lowest BCUT2D eigenvalue weighted by Crippen LogP contribution is -2.10. The molecule has 0 radical (unpaired) electrons. The van der Waals surface area contributed by atoms with Gasteiger partial charge in [-0.25, -0.2) is 20.2 Å². The van der Waals surface area contributed by atoms with Crippen LogP contribution in [0.25, 0.3) is 0 Å². The van der Waals surface area contributed by atoms with Crippen LogP contribution in [-0.4, -0.2) is 9.97 Å². The summed E-state index contributed by atoms with van der Waals surface area (Å²) in [5.41, 5.74) is 18.2. The normalized spacial score (nSPS) is 14.1. The Labute approximate surface area is 154 Å². The monoisotopic (exact) mass is 364 g/mol. The lowest BCUT2D eigenvalue weighted by atomic mass is 10.2. The van der Waals surface area contributed by atoms with Crippen LogP contribution in [0.15, 0.2) is 42.6 Å². The van der Waals surface area contributed by atoms with Gasteiger partial charge >= 0.3 is 0 Å². The van der Waals surface area contributed by atoms with Gasteiger partial charge in [0.1, 0.15) is 0 Å². The zero-order chi connectivity index (χ0) is 18.2. The van der Waals surface area contributed by atoms with Crippen molar-refractivity contribution in [2.75, 3.05) is 21.5 Å². The molecule has 0 aliphatic carbocycles. The van der Waals surface area contributed by atoms with E-state index in [1.54, 1.807) is 0 Å². The molecule has 0 saturated heterocycles. The first-order chi connectivity index (χ1) is 13.2. The number of aromatic nitrogens is 2. The fourth-order valence-electron chi connectivity index (χ4n) is 3.13. The number of nitrogens with one attached hydrogen (secondary N) is 6. The van der Waals surface area contributed by atoms with Gasteiger partial charge in [-0.3, -0.25) is 0 Å². The van der Waals surface area contributed by atoms with Crippen LogP contribution in [0, 0.1) is 5.82 Å². The second-order valence-electron chi connectivity index (χ2n) is 6.34. The Hall–Kier alpha value is -3.43. The summed E-state index contributed by atoms with van der Waals surface area (Å²) in [5, 5.41) is 6.15. The van der Waals surface area contributed by atoms with Crippen LogP contribution in [0.5, 0.6) is 0 Å². The van der Waals surface area contributed by atoms with Crippen LogP contribution >= 0.6 is 0 Å². The molecular formula is C18H17FN8. The Morgan fingerprint density at radius 1 is 0.852 bits per heavy atom. The molecule has 0 amide bonds. The van der Waals surface area contributed by atoms with E-state index < -0.39 is 5.82 Å². The highest BCUT2D eigenvalue weighted by atomic mass is 19.1. The lowest BCUT2D eigenvalue weighted by Gasteiger charge is -2.11. The average Bonchev–Trinajstić information content (AvgIpc) is 3.32. The van der Waals surface area contributed by atoms with E-state index in [1.165, 1.54) is 0 Å². The quantitative estimate of drug-likeness (QED) is 0.421. The molecule has 136 valence electrons. The maximum absolute atomic E-state index is 14.2. The molecule has 0 bridgehead atoms. The molecule has 0 fully saturated rings. The molecule has 2 aromatic carbocycles. The summed E-state index contributed by atoms with van der Waals surface area (Å²) in [5.74, 6) is -0.0715. The highest BCUT2D eigenvalue weighted by Gasteiger charge is 2.13. The summed E-state index contributed by atoms with van der Waals surface area (Å²) in [6.45, 7) is 1.45. The van der Waals surface area contributed by atoms with Crippen molar-refractivity contribution in [2.24, 2.45) is 0 Å². The number of halogens is 1. The van der Waals surface area contributed by atoms with Crippen molar-refractivity contribution in [3.63, 3.8) is 0 Å². The first kappa shape index (κ1) is 15.8. The minimum absolute atomic E-state index is 0.121. The molecule has 5 rings (SSSR count). The van der Waals surface area contributed by atoms with E-state index in [4.69, 9.17) is 0 Å². The Morgan fingerprint density at radius 2 is 1.48 bits per heavy atom. The van der Waals surface area contributed by atoms with Crippen molar-refractivity contribution in [3.05, 3.63) is 59.5 Å². The summed E-state index contributed by atoms with van der Waals surface area (Å²) in [7, 11) is 0. The number of hydrogen-bond acceptors (Lipinski definition) is 8. The predicted octanol–water partition coefficient (Wildman–Crippen LogP) is 2.96. The molecule has 6 N–H and O–H groups in total. The smallest absolute Gasteiger partial charge is 0.229 e. The second-order valence-corrected chi connectivity index (χ2v) is 6.34. The molecule has 0 saturated carbocycles. The van der Waals surface area contributed by atoms with Gasteiger partial charge in [0, 0.05) is 24.5 Å². The van der Waals surface area contributed by atoms with Crippen molar-refractivity contribution in [1.82, 2.24) is 20.8 Å². The second kappa shape index (κ2) is 6.38. The molecule has 0 unspecified atom stereocenters. The van der Waals surface area contributed by atoms with Gasteiger partial charge in [-0.1, -0.05) is 0 Å². The Balaban J connectivity index is 1.38. The largest absolute Gasteiger partial charge is 0.338 e. The fraction of sp³-hybridized carbons (Fsp3) is 0.111. The third-order valence-electron chi connectivity index (χ3n) is 4.48. The van der Waals surface area contributed by atoms with Crippen LogP contribution < -0.4 is 32.3 Å². The van der Waals surface area contributed by atoms with Crippen molar-refractivity contribution in [1.29, 1.82) is 0 Å². The molecule has 2 aliphatic heterocycles. The van der Waals surface area contributed by atoms with E-state index in [0.29, 0.717) is 12.5 Å². The molecule has 0 atom stereocenters. The topological polar surface area (TPSA) is 98.0 Å². The third kappa shape index (κ3) is 3.09.